The molecule has 7 heteroatoms. The van der Waals surface area contributed by atoms with Crippen LogP contribution in [0.1, 0.15) is 36.9 Å². The summed E-state index contributed by atoms with van der Waals surface area (Å²) >= 11 is 1.34. The number of allylic oxidation sites excluding steroid dienone is 1. The van der Waals surface area contributed by atoms with E-state index in [9.17, 15) is 9.59 Å². The van der Waals surface area contributed by atoms with Gasteiger partial charge in [0.2, 0.25) is 0 Å². The van der Waals surface area contributed by atoms with Crippen LogP contribution in [-0.4, -0.2) is 30.7 Å². The molecule has 0 amide bonds. The second kappa shape index (κ2) is 8.83. The number of esters is 1. The van der Waals surface area contributed by atoms with Gasteiger partial charge in [0.25, 0.3) is 5.56 Å². The maximum absolute atomic E-state index is 13.5. The predicted molar refractivity (Wildman–Crippen MR) is 130 cm³/mol. The number of anilines is 1. The molecule has 3 aromatic rings. The molecule has 1 aromatic heterocycles. The molecule has 1 atom stereocenters. The zero-order chi connectivity index (χ0) is 22.9. The lowest BCUT2D eigenvalue weighted by Gasteiger charge is -2.24. The molecule has 0 radical (unpaired) electrons. The van der Waals surface area contributed by atoms with Crippen molar-refractivity contribution in [3.63, 3.8) is 0 Å². The molecule has 0 aliphatic carbocycles. The fourth-order valence-corrected chi connectivity index (χ4v) is 5.60. The van der Waals surface area contributed by atoms with E-state index in [-0.39, 0.29) is 5.56 Å². The summed E-state index contributed by atoms with van der Waals surface area (Å²) in [6.45, 7) is 3.98. The van der Waals surface area contributed by atoms with Crippen molar-refractivity contribution in [2.45, 2.75) is 25.8 Å². The number of hydrogen-bond donors (Lipinski definition) is 0. The fraction of sp³-hybridized carbons (Fsp3) is 0.269. The van der Waals surface area contributed by atoms with Crippen molar-refractivity contribution in [3.8, 4) is 0 Å². The largest absolute Gasteiger partial charge is 0.466 e. The van der Waals surface area contributed by atoms with Crippen molar-refractivity contribution in [2.24, 2.45) is 4.99 Å². The normalized spacial score (nSPS) is 18.3. The van der Waals surface area contributed by atoms with E-state index < -0.39 is 12.0 Å². The Hall–Kier alpha value is -3.45. The molecule has 1 saturated heterocycles. The Kier molecular flexibility index (Phi) is 5.72. The number of fused-ring (bicyclic) bond motifs is 1. The van der Waals surface area contributed by atoms with E-state index >= 15 is 0 Å². The molecule has 2 aliphatic heterocycles. The van der Waals surface area contributed by atoms with Gasteiger partial charge >= 0.3 is 5.97 Å². The van der Waals surface area contributed by atoms with Gasteiger partial charge in [0.15, 0.2) is 4.80 Å². The minimum Gasteiger partial charge on any atom is -0.466 e. The predicted octanol–water partition coefficient (Wildman–Crippen LogP) is 3.01. The van der Waals surface area contributed by atoms with Crippen molar-refractivity contribution in [1.82, 2.24) is 4.57 Å². The van der Waals surface area contributed by atoms with Crippen LogP contribution in [0.25, 0.3) is 6.08 Å². The maximum Gasteiger partial charge on any atom is 0.338 e. The molecule has 0 saturated carbocycles. The van der Waals surface area contributed by atoms with Crippen LogP contribution in [0, 0.1) is 0 Å². The van der Waals surface area contributed by atoms with Gasteiger partial charge in [-0.15, -0.1) is 0 Å². The summed E-state index contributed by atoms with van der Waals surface area (Å²) in [6, 6.07) is 17.3. The Morgan fingerprint density at radius 3 is 2.45 bits per heavy atom. The van der Waals surface area contributed by atoms with Gasteiger partial charge in [-0.25, -0.2) is 9.79 Å². The highest BCUT2D eigenvalue weighted by Gasteiger charge is 2.32. The number of carbonyl (C=O) groups excluding carboxylic acids is 1. The van der Waals surface area contributed by atoms with Crippen molar-refractivity contribution in [3.05, 3.63) is 96.7 Å². The Morgan fingerprint density at radius 2 is 1.79 bits per heavy atom. The first-order valence-electron chi connectivity index (χ1n) is 11.1. The van der Waals surface area contributed by atoms with E-state index in [0.29, 0.717) is 20.6 Å². The highest BCUT2D eigenvalue weighted by molar-refractivity contribution is 7.07. The SMILES string of the molecule is COC(=O)C1=C(C)N=c2sc(=Cc3ccc(N4CCCC4)cc3)c(=O)n2C1c1ccccc1. The monoisotopic (exact) mass is 459 g/mol. The smallest absolute Gasteiger partial charge is 0.338 e. The third-order valence-electron chi connectivity index (χ3n) is 6.20. The molecule has 0 spiro atoms. The summed E-state index contributed by atoms with van der Waals surface area (Å²) in [6.07, 6.45) is 4.37. The molecule has 0 bridgehead atoms. The fourth-order valence-electron chi connectivity index (χ4n) is 4.55. The van der Waals surface area contributed by atoms with Gasteiger partial charge in [-0.1, -0.05) is 53.8 Å². The number of thiazole rings is 1. The lowest BCUT2D eigenvalue weighted by atomic mass is 9.96. The summed E-state index contributed by atoms with van der Waals surface area (Å²) in [5.74, 6) is -0.475. The molecule has 3 heterocycles. The molecular formula is C26H25N3O3S. The van der Waals surface area contributed by atoms with Crippen LogP contribution in [0.5, 0.6) is 0 Å². The minimum absolute atomic E-state index is 0.162. The second-order valence-corrected chi connectivity index (χ2v) is 9.28. The van der Waals surface area contributed by atoms with Gasteiger partial charge < -0.3 is 9.64 Å². The second-order valence-electron chi connectivity index (χ2n) is 8.27. The van der Waals surface area contributed by atoms with Crippen LogP contribution in [0.4, 0.5) is 5.69 Å². The molecule has 2 aromatic carbocycles. The average molecular weight is 460 g/mol. The highest BCUT2D eigenvalue weighted by Crippen LogP contribution is 2.30. The van der Waals surface area contributed by atoms with E-state index in [1.165, 1.54) is 37.0 Å². The summed E-state index contributed by atoms with van der Waals surface area (Å²) in [5.41, 5.74) is 3.81. The quantitative estimate of drug-likeness (QED) is 0.563. The lowest BCUT2D eigenvalue weighted by molar-refractivity contribution is -0.136. The number of ether oxygens (including phenoxy) is 1. The molecule has 5 rings (SSSR count). The molecule has 33 heavy (non-hydrogen) atoms. The first-order chi connectivity index (χ1) is 16.1. The van der Waals surface area contributed by atoms with E-state index in [0.717, 1.165) is 24.2 Å². The number of rotatable bonds is 4. The van der Waals surface area contributed by atoms with Crippen LogP contribution < -0.4 is 19.8 Å². The minimum atomic E-state index is -0.574. The molecule has 6 nitrogen and oxygen atoms in total. The van der Waals surface area contributed by atoms with E-state index in [4.69, 9.17) is 4.74 Å². The van der Waals surface area contributed by atoms with Crippen molar-refractivity contribution >= 4 is 29.1 Å². The first kappa shape index (κ1) is 21.4. The molecule has 168 valence electrons. The summed E-state index contributed by atoms with van der Waals surface area (Å²) in [7, 11) is 1.35. The molecule has 1 unspecified atom stereocenters. The maximum atomic E-state index is 13.5. The molecule has 0 N–H and O–H groups in total. The van der Waals surface area contributed by atoms with E-state index in [1.807, 2.05) is 48.5 Å². The topological polar surface area (TPSA) is 63.9 Å². The Balaban J connectivity index is 1.61. The van der Waals surface area contributed by atoms with Crippen LogP contribution in [-0.2, 0) is 9.53 Å². The van der Waals surface area contributed by atoms with Gasteiger partial charge in [-0.3, -0.25) is 9.36 Å². The van der Waals surface area contributed by atoms with E-state index in [2.05, 4.69) is 22.0 Å². The third-order valence-corrected chi connectivity index (χ3v) is 7.19. The molecule has 1 fully saturated rings. The lowest BCUT2D eigenvalue weighted by Crippen LogP contribution is -2.39. The molecule has 2 aliphatic rings. The number of carbonyl (C=O) groups is 1. The number of nitrogens with zero attached hydrogens (tertiary/aromatic N) is 3. The van der Waals surface area contributed by atoms with Crippen molar-refractivity contribution in [2.75, 3.05) is 25.1 Å². The van der Waals surface area contributed by atoms with Crippen molar-refractivity contribution in [1.29, 1.82) is 0 Å². The van der Waals surface area contributed by atoms with Crippen LogP contribution in [0.15, 0.2) is 75.7 Å². The van der Waals surface area contributed by atoms with Crippen LogP contribution in [0.3, 0.4) is 0 Å². The summed E-state index contributed by atoms with van der Waals surface area (Å²) in [5, 5.41) is 0. The Bertz CT molecular complexity index is 1400. The van der Waals surface area contributed by atoms with Gasteiger partial charge in [0, 0.05) is 18.8 Å². The zero-order valence-corrected chi connectivity index (χ0v) is 19.5. The number of hydrogen-bond acceptors (Lipinski definition) is 6. The number of benzene rings is 2. The van der Waals surface area contributed by atoms with Gasteiger partial charge in [0.05, 0.1) is 29.0 Å². The standard InChI is InChI=1S/C26H25N3O3S/c1-17-22(25(31)32-2)23(19-8-4-3-5-9-19)29-24(30)21(33-26(29)27-17)16-18-10-12-20(13-11-18)28-14-6-7-15-28/h3-5,8-13,16,23H,6-7,14-15H2,1-2H3. The number of aromatic nitrogens is 1. The van der Waals surface area contributed by atoms with Gasteiger partial charge in [-0.2, -0.15) is 0 Å². The first-order valence-corrected chi connectivity index (χ1v) is 11.9. The summed E-state index contributed by atoms with van der Waals surface area (Å²) in [4.78, 5) is 33.8. The summed E-state index contributed by atoms with van der Waals surface area (Å²) < 4.78 is 7.24. The Labute approximate surface area is 195 Å². The highest BCUT2D eigenvalue weighted by atomic mass is 32.1. The van der Waals surface area contributed by atoms with Gasteiger partial charge in [-0.05, 0) is 49.1 Å². The Morgan fingerprint density at radius 1 is 1.09 bits per heavy atom. The van der Waals surface area contributed by atoms with Gasteiger partial charge in [0.1, 0.15) is 0 Å². The van der Waals surface area contributed by atoms with E-state index in [1.54, 1.807) is 11.5 Å². The third kappa shape index (κ3) is 3.93. The molecular weight excluding hydrogens is 434 g/mol. The number of methoxy groups -OCH3 is 1. The van der Waals surface area contributed by atoms with Crippen LogP contribution in [0.2, 0.25) is 0 Å². The van der Waals surface area contributed by atoms with Crippen molar-refractivity contribution < 1.29 is 9.53 Å². The average Bonchev–Trinajstić information content (AvgIpc) is 3.48. The van der Waals surface area contributed by atoms with Crippen LogP contribution >= 0.6 is 11.3 Å². The zero-order valence-electron chi connectivity index (χ0n) is 18.7.